The van der Waals surface area contributed by atoms with Crippen LogP contribution in [-0.2, 0) is 12.8 Å². The Kier molecular flexibility index (Phi) is 8.15. The summed E-state index contributed by atoms with van der Waals surface area (Å²) in [6.45, 7) is 2.65. The van der Waals surface area contributed by atoms with Gasteiger partial charge in [-0.3, -0.25) is 0 Å². The molecular weight excluding hydrogens is 300 g/mol. The maximum atomic E-state index is 5.88. The molecule has 0 aliphatic heterocycles. The third kappa shape index (κ3) is 5.87. The van der Waals surface area contributed by atoms with Crippen LogP contribution in [0.2, 0.25) is 0 Å². The molecule has 2 aromatic rings. The highest BCUT2D eigenvalue weighted by Gasteiger charge is 2.03. The van der Waals surface area contributed by atoms with E-state index in [2.05, 4.69) is 12.1 Å². The fraction of sp³-hybridized carbons (Fsp3) is 0.400. The molecule has 0 fully saturated rings. The maximum absolute atomic E-state index is 5.88. The molecule has 0 aliphatic rings. The Morgan fingerprint density at radius 1 is 0.625 bits per heavy atom. The molecule has 2 aromatic carbocycles. The molecule has 0 atom stereocenters. The molecule has 0 saturated heterocycles. The van der Waals surface area contributed by atoms with Crippen LogP contribution in [0.4, 0.5) is 0 Å². The van der Waals surface area contributed by atoms with Crippen LogP contribution in [0.3, 0.4) is 0 Å². The van der Waals surface area contributed by atoms with Gasteiger partial charge in [-0.05, 0) is 62.0 Å². The molecule has 0 bridgehead atoms. The summed E-state index contributed by atoms with van der Waals surface area (Å²) < 4.78 is 11.8. The Morgan fingerprint density at radius 3 is 1.46 bits per heavy atom. The van der Waals surface area contributed by atoms with Crippen molar-refractivity contribution in [2.24, 2.45) is 11.5 Å². The van der Waals surface area contributed by atoms with Gasteiger partial charge in [-0.15, -0.1) is 0 Å². The predicted octanol–water partition coefficient (Wildman–Crippen LogP) is 2.93. The minimum absolute atomic E-state index is 0.635. The second-order valence-corrected chi connectivity index (χ2v) is 5.70. The normalized spacial score (nSPS) is 10.6. The van der Waals surface area contributed by atoms with Crippen molar-refractivity contribution < 1.29 is 9.47 Å². The number of rotatable bonds is 11. The summed E-state index contributed by atoms with van der Waals surface area (Å²) in [5.41, 5.74) is 13.6. The average Bonchev–Trinajstić information content (AvgIpc) is 2.61. The van der Waals surface area contributed by atoms with Crippen molar-refractivity contribution in [3.05, 3.63) is 59.7 Å². The number of para-hydroxylation sites is 2. The zero-order valence-electron chi connectivity index (χ0n) is 14.2. The Balaban J connectivity index is 1.69. The minimum Gasteiger partial charge on any atom is -0.493 e. The van der Waals surface area contributed by atoms with E-state index in [-0.39, 0.29) is 0 Å². The highest BCUT2D eigenvalue weighted by atomic mass is 16.5. The maximum Gasteiger partial charge on any atom is 0.122 e. The molecule has 0 heterocycles. The Hall–Kier alpha value is -2.04. The largest absolute Gasteiger partial charge is 0.493 e. The topological polar surface area (TPSA) is 70.5 Å². The molecule has 0 saturated carbocycles. The predicted molar refractivity (Wildman–Crippen MR) is 98.6 cm³/mol. The van der Waals surface area contributed by atoms with Crippen LogP contribution < -0.4 is 20.9 Å². The molecule has 0 spiro atoms. The van der Waals surface area contributed by atoms with Gasteiger partial charge in [-0.1, -0.05) is 36.4 Å². The molecule has 0 aliphatic carbocycles. The van der Waals surface area contributed by atoms with Gasteiger partial charge >= 0.3 is 0 Å². The molecule has 0 amide bonds. The van der Waals surface area contributed by atoms with Crippen molar-refractivity contribution in [2.75, 3.05) is 26.3 Å². The van der Waals surface area contributed by atoms with Gasteiger partial charge in [0.25, 0.3) is 0 Å². The number of hydrogen-bond acceptors (Lipinski definition) is 4. The first-order valence-corrected chi connectivity index (χ1v) is 8.66. The number of hydrogen-bond donors (Lipinski definition) is 2. The van der Waals surface area contributed by atoms with Crippen LogP contribution in [0.25, 0.3) is 0 Å². The van der Waals surface area contributed by atoms with Crippen LogP contribution in [0.15, 0.2) is 48.5 Å². The van der Waals surface area contributed by atoms with E-state index in [1.54, 1.807) is 0 Å². The Bertz CT molecular complexity index is 548. The van der Waals surface area contributed by atoms with E-state index in [0.717, 1.165) is 37.2 Å². The SMILES string of the molecule is NCCc1ccccc1OCCCCOc1ccccc1CCN. The van der Waals surface area contributed by atoms with Crippen molar-refractivity contribution >= 4 is 0 Å². The van der Waals surface area contributed by atoms with Gasteiger partial charge in [0.05, 0.1) is 13.2 Å². The molecule has 24 heavy (non-hydrogen) atoms. The monoisotopic (exact) mass is 328 g/mol. The van der Waals surface area contributed by atoms with Crippen molar-refractivity contribution in [3.63, 3.8) is 0 Å². The van der Waals surface area contributed by atoms with Gasteiger partial charge in [0.1, 0.15) is 11.5 Å². The number of unbranched alkanes of at least 4 members (excludes halogenated alkanes) is 1. The van der Waals surface area contributed by atoms with E-state index in [9.17, 15) is 0 Å². The molecule has 0 radical (unpaired) electrons. The smallest absolute Gasteiger partial charge is 0.122 e. The third-order valence-corrected chi connectivity index (χ3v) is 3.83. The van der Waals surface area contributed by atoms with Gasteiger partial charge in [-0.2, -0.15) is 0 Å². The van der Waals surface area contributed by atoms with E-state index in [1.165, 1.54) is 11.1 Å². The van der Waals surface area contributed by atoms with E-state index < -0.39 is 0 Å². The summed E-state index contributed by atoms with van der Waals surface area (Å²) in [6.07, 6.45) is 3.60. The Labute approximate surface area is 144 Å². The Morgan fingerprint density at radius 2 is 1.04 bits per heavy atom. The first-order valence-electron chi connectivity index (χ1n) is 8.66. The van der Waals surface area contributed by atoms with Gasteiger partial charge in [0.2, 0.25) is 0 Å². The minimum atomic E-state index is 0.635. The van der Waals surface area contributed by atoms with Crippen LogP contribution in [0.5, 0.6) is 11.5 Å². The highest BCUT2D eigenvalue weighted by Crippen LogP contribution is 2.20. The van der Waals surface area contributed by atoms with Crippen molar-refractivity contribution in [3.8, 4) is 11.5 Å². The molecule has 0 aromatic heterocycles. The second kappa shape index (κ2) is 10.7. The van der Waals surface area contributed by atoms with Crippen LogP contribution in [0, 0.1) is 0 Å². The first-order chi connectivity index (χ1) is 11.8. The molecular formula is C20H28N2O2. The lowest BCUT2D eigenvalue weighted by molar-refractivity contribution is 0.264. The fourth-order valence-electron chi connectivity index (χ4n) is 2.58. The van der Waals surface area contributed by atoms with Crippen LogP contribution in [-0.4, -0.2) is 26.3 Å². The molecule has 4 N–H and O–H groups in total. The molecule has 4 nitrogen and oxygen atoms in total. The zero-order chi connectivity index (χ0) is 17.0. The standard InChI is InChI=1S/C20H28N2O2/c21-13-11-17-7-1-3-9-19(17)23-15-5-6-16-24-20-10-4-2-8-18(20)12-14-22/h1-4,7-10H,5-6,11-16,21-22H2. The summed E-state index contributed by atoms with van der Waals surface area (Å²) in [5.74, 6) is 1.88. The first kappa shape index (κ1) is 18.3. The van der Waals surface area contributed by atoms with E-state index in [0.29, 0.717) is 26.3 Å². The van der Waals surface area contributed by atoms with Gasteiger partial charge in [-0.25, -0.2) is 0 Å². The lowest BCUT2D eigenvalue weighted by Crippen LogP contribution is -2.08. The lowest BCUT2D eigenvalue weighted by Gasteiger charge is -2.12. The third-order valence-electron chi connectivity index (χ3n) is 3.83. The summed E-state index contributed by atoms with van der Waals surface area (Å²) in [7, 11) is 0. The van der Waals surface area contributed by atoms with Gasteiger partial charge in [0, 0.05) is 0 Å². The lowest BCUT2D eigenvalue weighted by atomic mass is 10.1. The molecule has 130 valence electrons. The van der Waals surface area contributed by atoms with Crippen LogP contribution >= 0.6 is 0 Å². The van der Waals surface area contributed by atoms with E-state index >= 15 is 0 Å². The second-order valence-electron chi connectivity index (χ2n) is 5.70. The fourth-order valence-corrected chi connectivity index (χ4v) is 2.58. The van der Waals surface area contributed by atoms with Crippen molar-refractivity contribution in [1.82, 2.24) is 0 Å². The zero-order valence-corrected chi connectivity index (χ0v) is 14.2. The van der Waals surface area contributed by atoms with Gasteiger partial charge in [0.15, 0.2) is 0 Å². The van der Waals surface area contributed by atoms with E-state index in [1.807, 2.05) is 36.4 Å². The summed E-state index contributed by atoms with van der Waals surface area (Å²) >= 11 is 0. The van der Waals surface area contributed by atoms with Crippen molar-refractivity contribution in [1.29, 1.82) is 0 Å². The van der Waals surface area contributed by atoms with Gasteiger partial charge < -0.3 is 20.9 Å². The summed E-state index contributed by atoms with van der Waals surface area (Å²) in [5, 5.41) is 0. The summed E-state index contributed by atoms with van der Waals surface area (Å²) in [4.78, 5) is 0. The highest BCUT2D eigenvalue weighted by molar-refractivity contribution is 5.34. The molecule has 2 rings (SSSR count). The quantitative estimate of drug-likeness (QED) is 0.622. The average molecular weight is 328 g/mol. The number of ether oxygens (including phenoxy) is 2. The number of benzene rings is 2. The molecule has 0 unspecified atom stereocenters. The van der Waals surface area contributed by atoms with E-state index in [4.69, 9.17) is 20.9 Å². The van der Waals surface area contributed by atoms with Crippen LogP contribution in [0.1, 0.15) is 24.0 Å². The summed E-state index contributed by atoms with van der Waals surface area (Å²) in [6, 6.07) is 16.2. The molecule has 4 heteroatoms. The van der Waals surface area contributed by atoms with Crippen molar-refractivity contribution in [2.45, 2.75) is 25.7 Å². The number of nitrogens with two attached hydrogens (primary N) is 2.